The molecule has 1 N–H and O–H groups in total. The number of likely N-dealkylation sites (tertiary alicyclic amines) is 1. The molecule has 1 aliphatic heterocycles. The van der Waals surface area contributed by atoms with Gasteiger partial charge in [0.2, 0.25) is 5.91 Å². The molecule has 2 atom stereocenters. The lowest BCUT2D eigenvalue weighted by Gasteiger charge is -2.26. The Morgan fingerprint density at radius 1 is 1.29 bits per heavy atom. The van der Waals surface area contributed by atoms with E-state index in [9.17, 15) is 14.7 Å². The van der Waals surface area contributed by atoms with Crippen LogP contribution >= 0.6 is 0 Å². The number of carbonyl (C=O) groups is 2. The molecular weight excluding hydrogens is 270 g/mol. The molecule has 1 aromatic rings. The standard InChI is InChI=1S/C16H19NO4/c1-21-12-9-13(14(18)19)17(10-12)15(20)16(7-8-16)11-5-3-2-4-6-11/h2-6,12-13H,7-10H2,1H3,(H,18,19). The zero-order valence-electron chi connectivity index (χ0n) is 12.0. The summed E-state index contributed by atoms with van der Waals surface area (Å²) in [6.45, 7) is 0.362. The summed E-state index contributed by atoms with van der Waals surface area (Å²) in [5, 5.41) is 9.35. The predicted octanol–water partition coefficient (Wildman–Crippen LogP) is 1.42. The zero-order chi connectivity index (χ0) is 15.0. The first-order valence-corrected chi connectivity index (χ1v) is 7.21. The van der Waals surface area contributed by atoms with Crippen molar-refractivity contribution in [3.63, 3.8) is 0 Å². The number of hydrogen-bond acceptors (Lipinski definition) is 3. The van der Waals surface area contributed by atoms with E-state index in [0.717, 1.165) is 18.4 Å². The second-order valence-corrected chi connectivity index (χ2v) is 5.85. The predicted molar refractivity (Wildman–Crippen MR) is 75.9 cm³/mol. The summed E-state index contributed by atoms with van der Waals surface area (Å²) in [6, 6.07) is 8.87. The van der Waals surface area contributed by atoms with Crippen molar-refractivity contribution in [2.75, 3.05) is 13.7 Å². The van der Waals surface area contributed by atoms with Crippen molar-refractivity contribution in [1.29, 1.82) is 0 Å². The maximum absolute atomic E-state index is 12.9. The number of benzene rings is 1. The number of methoxy groups -OCH3 is 1. The van der Waals surface area contributed by atoms with Gasteiger partial charge in [-0.3, -0.25) is 4.79 Å². The molecule has 112 valence electrons. The van der Waals surface area contributed by atoms with Crippen molar-refractivity contribution in [3.8, 4) is 0 Å². The van der Waals surface area contributed by atoms with E-state index in [-0.39, 0.29) is 12.0 Å². The molecule has 1 amide bonds. The van der Waals surface area contributed by atoms with E-state index in [1.165, 1.54) is 4.90 Å². The normalized spacial score (nSPS) is 26.6. The molecule has 0 bridgehead atoms. The van der Waals surface area contributed by atoms with Crippen LogP contribution < -0.4 is 0 Å². The van der Waals surface area contributed by atoms with E-state index >= 15 is 0 Å². The average molecular weight is 289 g/mol. The van der Waals surface area contributed by atoms with Crippen LogP contribution in [0.4, 0.5) is 0 Å². The van der Waals surface area contributed by atoms with Gasteiger partial charge in [0.25, 0.3) is 0 Å². The van der Waals surface area contributed by atoms with Crippen LogP contribution in [-0.2, 0) is 19.7 Å². The Hall–Kier alpha value is -1.88. The van der Waals surface area contributed by atoms with Gasteiger partial charge < -0.3 is 14.7 Å². The van der Waals surface area contributed by atoms with E-state index in [4.69, 9.17) is 4.74 Å². The molecule has 1 saturated heterocycles. The number of rotatable bonds is 4. The fourth-order valence-corrected chi connectivity index (χ4v) is 3.21. The molecule has 1 heterocycles. The Morgan fingerprint density at radius 2 is 1.95 bits per heavy atom. The average Bonchev–Trinajstić information content (AvgIpc) is 3.20. The summed E-state index contributed by atoms with van der Waals surface area (Å²) < 4.78 is 5.25. The van der Waals surface area contributed by atoms with Gasteiger partial charge in [0.1, 0.15) is 6.04 Å². The SMILES string of the molecule is COC1CC(C(=O)O)N(C(=O)C2(c3ccccc3)CC2)C1. The van der Waals surface area contributed by atoms with Crippen LogP contribution in [0.5, 0.6) is 0 Å². The summed E-state index contributed by atoms with van der Waals surface area (Å²) >= 11 is 0. The van der Waals surface area contributed by atoms with E-state index in [1.54, 1.807) is 7.11 Å². The van der Waals surface area contributed by atoms with Crippen LogP contribution in [0.3, 0.4) is 0 Å². The minimum atomic E-state index is -0.952. The summed E-state index contributed by atoms with van der Waals surface area (Å²) in [7, 11) is 1.56. The number of carboxylic acid groups (broad SMARTS) is 1. The fraction of sp³-hybridized carbons (Fsp3) is 0.500. The Morgan fingerprint density at radius 3 is 2.48 bits per heavy atom. The number of nitrogens with zero attached hydrogens (tertiary/aromatic N) is 1. The second kappa shape index (κ2) is 5.15. The highest BCUT2D eigenvalue weighted by molar-refractivity contribution is 5.94. The summed E-state index contributed by atoms with van der Waals surface area (Å²) in [5.74, 6) is -1.02. The van der Waals surface area contributed by atoms with Crippen molar-refractivity contribution in [3.05, 3.63) is 35.9 Å². The maximum atomic E-state index is 12.9. The van der Waals surface area contributed by atoms with Crippen molar-refractivity contribution >= 4 is 11.9 Å². The van der Waals surface area contributed by atoms with Gasteiger partial charge in [0, 0.05) is 20.1 Å². The monoisotopic (exact) mass is 289 g/mol. The third-order valence-electron chi connectivity index (χ3n) is 4.63. The molecule has 2 aliphatic rings. The molecular formula is C16H19NO4. The second-order valence-electron chi connectivity index (χ2n) is 5.85. The number of amides is 1. The quantitative estimate of drug-likeness (QED) is 0.910. The first-order chi connectivity index (χ1) is 10.1. The smallest absolute Gasteiger partial charge is 0.326 e. The Kier molecular flexibility index (Phi) is 3.45. The lowest BCUT2D eigenvalue weighted by Crippen LogP contribution is -2.45. The van der Waals surface area contributed by atoms with Gasteiger partial charge in [-0.2, -0.15) is 0 Å². The topological polar surface area (TPSA) is 66.8 Å². The summed E-state index contributed by atoms with van der Waals surface area (Å²) in [4.78, 5) is 25.8. The van der Waals surface area contributed by atoms with Crippen molar-refractivity contribution in [1.82, 2.24) is 4.90 Å². The molecule has 0 aromatic heterocycles. The Labute approximate surface area is 123 Å². The fourth-order valence-electron chi connectivity index (χ4n) is 3.21. The molecule has 1 saturated carbocycles. The third-order valence-corrected chi connectivity index (χ3v) is 4.63. The Bertz CT molecular complexity index is 553. The number of carbonyl (C=O) groups excluding carboxylic acids is 1. The molecule has 2 fully saturated rings. The minimum Gasteiger partial charge on any atom is -0.480 e. The van der Waals surface area contributed by atoms with Gasteiger partial charge in [-0.15, -0.1) is 0 Å². The number of carboxylic acids is 1. The van der Waals surface area contributed by atoms with E-state index in [2.05, 4.69) is 0 Å². The van der Waals surface area contributed by atoms with Crippen LogP contribution in [0.1, 0.15) is 24.8 Å². The highest BCUT2D eigenvalue weighted by Gasteiger charge is 2.56. The summed E-state index contributed by atoms with van der Waals surface area (Å²) in [6.07, 6.45) is 1.75. The third kappa shape index (κ3) is 2.31. The van der Waals surface area contributed by atoms with Crippen LogP contribution in [0.15, 0.2) is 30.3 Å². The zero-order valence-corrected chi connectivity index (χ0v) is 12.0. The van der Waals surface area contributed by atoms with Gasteiger partial charge in [-0.05, 0) is 18.4 Å². The lowest BCUT2D eigenvalue weighted by atomic mass is 9.94. The van der Waals surface area contributed by atoms with Crippen molar-refractivity contribution in [2.24, 2.45) is 0 Å². The van der Waals surface area contributed by atoms with Gasteiger partial charge in [0.05, 0.1) is 11.5 Å². The highest BCUT2D eigenvalue weighted by atomic mass is 16.5. The van der Waals surface area contributed by atoms with Gasteiger partial charge in [-0.25, -0.2) is 4.79 Å². The maximum Gasteiger partial charge on any atom is 0.326 e. The van der Waals surface area contributed by atoms with Gasteiger partial charge >= 0.3 is 5.97 Å². The summed E-state index contributed by atoms with van der Waals surface area (Å²) in [5.41, 5.74) is 0.470. The highest BCUT2D eigenvalue weighted by Crippen LogP contribution is 2.50. The molecule has 2 unspecified atom stereocenters. The molecule has 5 nitrogen and oxygen atoms in total. The van der Waals surface area contributed by atoms with Crippen LogP contribution in [0.25, 0.3) is 0 Å². The largest absolute Gasteiger partial charge is 0.480 e. The lowest BCUT2D eigenvalue weighted by molar-refractivity contribution is -0.149. The van der Waals surface area contributed by atoms with Crippen molar-refractivity contribution in [2.45, 2.75) is 36.8 Å². The first-order valence-electron chi connectivity index (χ1n) is 7.21. The molecule has 1 aromatic carbocycles. The first kappa shape index (κ1) is 14.1. The number of aliphatic carboxylic acids is 1. The molecule has 3 rings (SSSR count). The van der Waals surface area contributed by atoms with Crippen LogP contribution in [-0.4, -0.2) is 47.7 Å². The molecule has 0 radical (unpaired) electrons. The van der Waals surface area contributed by atoms with Gasteiger partial charge in [0.15, 0.2) is 0 Å². The van der Waals surface area contributed by atoms with Gasteiger partial charge in [-0.1, -0.05) is 30.3 Å². The number of hydrogen-bond donors (Lipinski definition) is 1. The van der Waals surface area contributed by atoms with Crippen molar-refractivity contribution < 1.29 is 19.4 Å². The molecule has 0 spiro atoms. The van der Waals surface area contributed by atoms with Crippen LogP contribution in [0.2, 0.25) is 0 Å². The molecule has 21 heavy (non-hydrogen) atoms. The minimum absolute atomic E-state index is 0.0688. The van der Waals surface area contributed by atoms with E-state index in [1.807, 2.05) is 30.3 Å². The molecule has 1 aliphatic carbocycles. The number of ether oxygens (including phenoxy) is 1. The molecule has 5 heteroatoms. The van der Waals surface area contributed by atoms with Crippen LogP contribution in [0, 0.1) is 0 Å². The Balaban J connectivity index is 1.86. The van der Waals surface area contributed by atoms with E-state index < -0.39 is 17.4 Å². The van der Waals surface area contributed by atoms with E-state index in [0.29, 0.717) is 13.0 Å².